The van der Waals surface area contributed by atoms with E-state index in [1.807, 2.05) is 0 Å². The lowest BCUT2D eigenvalue weighted by molar-refractivity contribution is -0.113. The molecule has 27 heavy (non-hydrogen) atoms. The number of hydrogen-bond acceptors (Lipinski definition) is 5. The molecule has 2 aromatic carbocycles. The fourth-order valence-electron chi connectivity index (χ4n) is 2.14. The van der Waals surface area contributed by atoms with Gasteiger partial charge in [0.05, 0.1) is 11.4 Å². The van der Waals surface area contributed by atoms with E-state index in [-0.39, 0.29) is 21.1 Å². The number of carbonyl (C=O) groups is 1. The number of nitrogen functional groups attached to an aromatic ring is 1. The minimum absolute atomic E-state index is 0.0823. The van der Waals surface area contributed by atoms with Crippen LogP contribution < -0.4 is 11.2 Å². The van der Waals surface area contributed by atoms with E-state index in [1.165, 1.54) is 28.9 Å². The van der Waals surface area contributed by atoms with Crippen molar-refractivity contribution >= 4 is 39.3 Å². The Bertz CT molecular complexity index is 973. The molecule has 0 saturated carbocycles. The van der Waals surface area contributed by atoms with Crippen LogP contribution in [0.25, 0.3) is 11.4 Å². The summed E-state index contributed by atoms with van der Waals surface area (Å²) in [6.45, 7) is 0. The van der Waals surface area contributed by atoms with Crippen LogP contribution in [0.5, 0.6) is 0 Å². The van der Waals surface area contributed by atoms with Gasteiger partial charge in [-0.3, -0.25) is 4.79 Å². The molecule has 0 radical (unpaired) electrons. The summed E-state index contributed by atoms with van der Waals surface area (Å²) in [5.74, 6) is 3.46. The van der Waals surface area contributed by atoms with E-state index in [4.69, 9.17) is 5.84 Å². The van der Waals surface area contributed by atoms with E-state index in [0.29, 0.717) is 17.5 Å². The highest BCUT2D eigenvalue weighted by molar-refractivity contribution is 9.10. The quantitative estimate of drug-likeness (QED) is 0.451. The van der Waals surface area contributed by atoms with Crippen molar-refractivity contribution in [3.8, 4) is 11.4 Å². The zero-order valence-corrected chi connectivity index (χ0v) is 15.8. The third kappa shape index (κ3) is 4.42. The minimum Gasteiger partial charge on any atom is -0.335 e. The van der Waals surface area contributed by atoms with Crippen molar-refractivity contribution in [2.75, 3.05) is 16.9 Å². The molecule has 0 saturated heterocycles. The van der Waals surface area contributed by atoms with E-state index in [2.05, 4.69) is 31.4 Å². The number of carbonyl (C=O) groups excluding carboxylic acids is 1. The van der Waals surface area contributed by atoms with Crippen molar-refractivity contribution in [1.29, 1.82) is 0 Å². The lowest BCUT2D eigenvalue weighted by Gasteiger charge is -2.08. The summed E-state index contributed by atoms with van der Waals surface area (Å²) in [6, 6.07) is 7.23. The summed E-state index contributed by atoms with van der Waals surface area (Å²) in [7, 11) is 0. The zero-order valence-electron chi connectivity index (χ0n) is 13.4. The monoisotopic (exact) mass is 457 g/mol. The van der Waals surface area contributed by atoms with Crippen molar-refractivity contribution in [3.05, 3.63) is 58.3 Å². The fraction of sp³-hybridized carbons (Fsp3) is 0.0625. The van der Waals surface area contributed by atoms with Gasteiger partial charge >= 0.3 is 0 Å². The van der Waals surface area contributed by atoms with Gasteiger partial charge in [-0.25, -0.2) is 17.8 Å². The van der Waals surface area contributed by atoms with E-state index in [0.717, 1.165) is 17.8 Å². The molecule has 0 aliphatic heterocycles. The first-order valence-corrected chi connectivity index (χ1v) is 9.16. The molecule has 1 amide bonds. The fourth-order valence-corrected chi connectivity index (χ4v) is 3.30. The van der Waals surface area contributed by atoms with Crippen molar-refractivity contribution in [2.45, 2.75) is 5.16 Å². The number of nitrogens with two attached hydrogens (primary N) is 1. The zero-order chi connectivity index (χ0) is 19.6. The van der Waals surface area contributed by atoms with Crippen LogP contribution in [0.2, 0.25) is 0 Å². The highest BCUT2D eigenvalue weighted by Gasteiger charge is 2.16. The van der Waals surface area contributed by atoms with Gasteiger partial charge in [0, 0.05) is 16.1 Å². The van der Waals surface area contributed by atoms with Gasteiger partial charge in [0.1, 0.15) is 11.6 Å². The first kappa shape index (κ1) is 19.2. The molecule has 0 bridgehead atoms. The van der Waals surface area contributed by atoms with E-state index in [9.17, 15) is 18.0 Å². The van der Waals surface area contributed by atoms with Crippen LogP contribution in [0, 0.1) is 17.5 Å². The Kier molecular flexibility index (Phi) is 5.71. The Morgan fingerprint density at radius 2 is 1.85 bits per heavy atom. The standard InChI is InChI=1S/C16H11BrF3N5OS/c17-11-5-10(19)6-12(20)14(11)22-13(26)7-27-16-24-23-15(25(16)21)8-1-3-9(18)4-2-8/h1-6H,7,21H2,(H,22,26). The summed E-state index contributed by atoms with van der Waals surface area (Å²) >= 11 is 3.97. The van der Waals surface area contributed by atoms with Crippen LogP contribution in [0.15, 0.2) is 46.0 Å². The average Bonchev–Trinajstić information content (AvgIpc) is 2.98. The number of nitrogens with zero attached hydrogens (tertiary/aromatic N) is 3. The van der Waals surface area contributed by atoms with Crippen molar-refractivity contribution in [2.24, 2.45) is 0 Å². The van der Waals surface area contributed by atoms with Gasteiger partial charge in [-0.05, 0) is 46.3 Å². The number of hydrogen-bond donors (Lipinski definition) is 2. The van der Waals surface area contributed by atoms with Crippen LogP contribution in [0.1, 0.15) is 0 Å². The first-order chi connectivity index (χ1) is 12.8. The highest BCUT2D eigenvalue weighted by atomic mass is 79.9. The molecule has 3 N–H and O–H groups in total. The van der Waals surface area contributed by atoms with Gasteiger partial charge in [-0.15, -0.1) is 10.2 Å². The van der Waals surface area contributed by atoms with Crippen LogP contribution >= 0.6 is 27.7 Å². The molecule has 6 nitrogen and oxygen atoms in total. The van der Waals surface area contributed by atoms with Crippen LogP contribution in [0.4, 0.5) is 18.9 Å². The highest BCUT2D eigenvalue weighted by Crippen LogP contribution is 2.27. The molecule has 1 aromatic heterocycles. The number of anilines is 1. The summed E-state index contributed by atoms with van der Waals surface area (Å²) in [5, 5.41) is 10.4. The van der Waals surface area contributed by atoms with E-state index >= 15 is 0 Å². The van der Waals surface area contributed by atoms with Gasteiger partial charge in [0.2, 0.25) is 11.1 Å². The van der Waals surface area contributed by atoms with Gasteiger partial charge < -0.3 is 11.2 Å². The molecule has 0 aliphatic carbocycles. The van der Waals surface area contributed by atoms with Crippen LogP contribution in [-0.2, 0) is 4.79 Å². The maximum absolute atomic E-state index is 13.8. The number of aromatic nitrogens is 3. The lowest BCUT2D eigenvalue weighted by atomic mass is 10.2. The molecule has 0 spiro atoms. The maximum atomic E-state index is 13.8. The Hall–Kier alpha value is -2.53. The number of thioether (sulfide) groups is 1. The van der Waals surface area contributed by atoms with Crippen LogP contribution in [-0.4, -0.2) is 26.5 Å². The molecule has 0 fully saturated rings. The maximum Gasteiger partial charge on any atom is 0.234 e. The second kappa shape index (κ2) is 8.01. The summed E-state index contributed by atoms with van der Waals surface area (Å²) in [4.78, 5) is 12.0. The number of nitrogens with one attached hydrogen (secondary N) is 1. The summed E-state index contributed by atoms with van der Waals surface area (Å²) in [6.07, 6.45) is 0. The molecule has 11 heteroatoms. The smallest absolute Gasteiger partial charge is 0.234 e. The molecule has 0 atom stereocenters. The van der Waals surface area contributed by atoms with E-state index < -0.39 is 23.4 Å². The minimum atomic E-state index is -0.902. The molecule has 3 aromatic rings. The van der Waals surface area contributed by atoms with Crippen molar-refractivity contribution < 1.29 is 18.0 Å². The average molecular weight is 458 g/mol. The summed E-state index contributed by atoms with van der Waals surface area (Å²) < 4.78 is 41.1. The Labute approximate surface area is 164 Å². The molecule has 3 rings (SSSR count). The predicted molar refractivity (Wildman–Crippen MR) is 99.0 cm³/mol. The second-order valence-electron chi connectivity index (χ2n) is 5.26. The first-order valence-electron chi connectivity index (χ1n) is 7.39. The van der Waals surface area contributed by atoms with E-state index in [1.54, 1.807) is 0 Å². The van der Waals surface area contributed by atoms with Crippen molar-refractivity contribution in [3.63, 3.8) is 0 Å². The normalized spacial score (nSPS) is 10.8. The molecule has 0 unspecified atom stereocenters. The lowest BCUT2D eigenvalue weighted by Crippen LogP contribution is -2.17. The molecular formula is C16H11BrF3N5OS. The van der Waals surface area contributed by atoms with Gasteiger partial charge in [0.25, 0.3) is 0 Å². The van der Waals surface area contributed by atoms with Crippen LogP contribution in [0.3, 0.4) is 0 Å². The topological polar surface area (TPSA) is 85.8 Å². The third-order valence-corrected chi connectivity index (χ3v) is 4.94. The molecule has 140 valence electrons. The second-order valence-corrected chi connectivity index (χ2v) is 7.06. The largest absolute Gasteiger partial charge is 0.335 e. The SMILES string of the molecule is Nn1c(SCC(=O)Nc2c(F)cc(F)cc2Br)nnc1-c1ccc(F)cc1. The Morgan fingerprint density at radius 1 is 1.15 bits per heavy atom. The van der Waals surface area contributed by atoms with Gasteiger partial charge in [-0.1, -0.05) is 11.8 Å². The number of amides is 1. The Morgan fingerprint density at radius 3 is 2.52 bits per heavy atom. The number of halogens is 4. The third-order valence-electron chi connectivity index (χ3n) is 3.37. The van der Waals surface area contributed by atoms with Gasteiger partial charge in [-0.2, -0.15) is 0 Å². The van der Waals surface area contributed by atoms with Crippen molar-refractivity contribution in [1.82, 2.24) is 14.9 Å². The Balaban J connectivity index is 1.67. The number of rotatable bonds is 5. The molecular weight excluding hydrogens is 447 g/mol. The summed E-state index contributed by atoms with van der Waals surface area (Å²) in [5.41, 5.74) is 0.392. The molecule has 1 heterocycles. The predicted octanol–water partition coefficient (Wildman–Crippen LogP) is 3.57. The van der Waals surface area contributed by atoms with Gasteiger partial charge in [0.15, 0.2) is 11.6 Å². The molecule has 0 aliphatic rings. The number of benzene rings is 2.